The summed E-state index contributed by atoms with van der Waals surface area (Å²) in [5.74, 6) is -3.51. The summed E-state index contributed by atoms with van der Waals surface area (Å²) >= 11 is 0. The standard InChI is InChI=1S/C17H21N3O6/c1-4-25-16(23)19-14(21)13(15(22)20-17(24)26-5-2)10-18-12-8-6-11(3)7-9-12/h6-10,13H,4-5H2,1-3H3,(H,19,21,23)(H,20,22,24). The molecular formula is C17H21N3O6. The van der Waals surface area contributed by atoms with E-state index >= 15 is 0 Å². The van der Waals surface area contributed by atoms with Gasteiger partial charge in [-0.1, -0.05) is 17.7 Å². The van der Waals surface area contributed by atoms with Crippen LogP contribution in [0, 0.1) is 12.8 Å². The molecule has 2 N–H and O–H groups in total. The summed E-state index contributed by atoms with van der Waals surface area (Å²) < 4.78 is 9.20. The Balaban J connectivity index is 2.94. The van der Waals surface area contributed by atoms with Gasteiger partial charge in [0.1, 0.15) is 0 Å². The van der Waals surface area contributed by atoms with Crippen LogP contribution in [-0.4, -0.2) is 43.4 Å². The SMILES string of the molecule is CCOC(=O)NC(=O)C(C=Nc1ccc(C)cc1)C(=O)NC(=O)OCC. The zero-order valence-corrected chi connectivity index (χ0v) is 14.8. The molecule has 9 nitrogen and oxygen atoms in total. The Hall–Kier alpha value is -3.23. The molecule has 1 aromatic carbocycles. The molecule has 4 amide bonds. The number of aryl methyl sites for hydroxylation is 1. The molecule has 0 bridgehead atoms. The van der Waals surface area contributed by atoms with Gasteiger partial charge in [0, 0.05) is 6.21 Å². The summed E-state index contributed by atoms with van der Waals surface area (Å²) in [6.45, 7) is 5.13. The van der Waals surface area contributed by atoms with E-state index in [1.165, 1.54) is 0 Å². The molecule has 0 atom stereocenters. The summed E-state index contributed by atoms with van der Waals surface area (Å²) in [6, 6.07) is 6.99. The van der Waals surface area contributed by atoms with Gasteiger partial charge in [-0.15, -0.1) is 0 Å². The fourth-order valence-electron chi connectivity index (χ4n) is 1.74. The summed E-state index contributed by atoms with van der Waals surface area (Å²) in [7, 11) is 0. The van der Waals surface area contributed by atoms with E-state index in [-0.39, 0.29) is 13.2 Å². The number of ether oxygens (including phenoxy) is 2. The number of hydrogen-bond acceptors (Lipinski definition) is 7. The highest BCUT2D eigenvalue weighted by Crippen LogP contribution is 2.12. The highest BCUT2D eigenvalue weighted by atomic mass is 16.6. The van der Waals surface area contributed by atoms with Gasteiger partial charge >= 0.3 is 12.2 Å². The predicted molar refractivity (Wildman–Crippen MR) is 93.2 cm³/mol. The number of benzene rings is 1. The Morgan fingerprint density at radius 3 is 1.85 bits per heavy atom. The minimum Gasteiger partial charge on any atom is -0.450 e. The molecule has 0 saturated heterocycles. The van der Waals surface area contributed by atoms with Crippen LogP contribution in [0.3, 0.4) is 0 Å². The van der Waals surface area contributed by atoms with Gasteiger partial charge < -0.3 is 9.47 Å². The molecule has 0 aromatic heterocycles. The summed E-state index contributed by atoms with van der Waals surface area (Å²) in [6.07, 6.45) is -0.973. The number of carbonyl (C=O) groups excluding carboxylic acids is 4. The number of alkyl carbamates (subject to hydrolysis) is 2. The molecular weight excluding hydrogens is 342 g/mol. The lowest BCUT2D eigenvalue weighted by Gasteiger charge is -2.11. The second-order valence-electron chi connectivity index (χ2n) is 5.01. The van der Waals surface area contributed by atoms with Crippen LogP contribution in [0.4, 0.5) is 15.3 Å². The van der Waals surface area contributed by atoms with Gasteiger partial charge in [0.25, 0.3) is 0 Å². The van der Waals surface area contributed by atoms with Gasteiger partial charge in [0.15, 0.2) is 5.92 Å². The van der Waals surface area contributed by atoms with Crippen molar-refractivity contribution in [3.8, 4) is 0 Å². The van der Waals surface area contributed by atoms with Crippen molar-refractivity contribution in [3.05, 3.63) is 29.8 Å². The molecule has 0 aliphatic carbocycles. The van der Waals surface area contributed by atoms with Crippen molar-refractivity contribution in [2.45, 2.75) is 20.8 Å². The Bertz CT molecular complexity index is 652. The van der Waals surface area contributed by atoms with Crippen molar-refractivity contribution in [3.63, 3.8) is 0 Å². The van der Waals surface area contributed by atoms with E-state index in [0.29, 0.717) is 5.69 Å². The van der Waals surface area contributed by atoms with Crippen LogP contribution in [0.15, 0.2) is 29.3 Å². The third-order valence-electron chi connectivity index (χ3n) is 2.97. The number of aliphatic imine (C=N–C) groups is 1. The van der Waals surface area contributed by atoms with Crippen LogP contribution >= 0.6 is 0 Å². The van der Waals surface area contributed by atoms with Crippen LogP contribution in [0.2, 0.25) is 0 Å². The Kier molecular flexibility index (Phi) is 8.48. The maximum Gasteiger partial charge on any atom is 0.413 e. The third-order valence-corrected chi connectivity index (χ3v) is 2.97. The largest absolute Gasteiger partial charge is 0.450 e. The van der Waals surface area contributed by atoms with Gasteiger partial charge in [0.05, 0.1) is 18.9 Å². The molecule has 0 unspecified atom stereocenters. The number of imide groups is 2. The minimum absolute atomic E-state index is 0.0518. The molecule has 140 valence electrons. The summed E-state index contributed by atoms with van der Waals surface area (Å²) in [4.78, 5) is 51.2. The minimum atomic E-state index is -1.54. The first kappa shape index (κ1) is 20.8. The van der Waals surface area contributed by atoms with Crippen LogP contribution in [0.1, 0.15) is 19.4 Å². The van der Waals surface area contributed by atoms with E-state index in [2.05, 4.69) is 14.5 Å². The zero-order valence-electron chi connectivity index (χ0n) is 14.8. The van der Waals surface area contributed by atoms with E-state index in [0.717, 1.165) is 11.8 Å². The first-order valence-electron chi connectivity index (χ1n) is 7.93. The maximum absolute atomic E-state index is 12.2. The second-order valence-corrected chi connectivity index (χ2v) is 5.01. The van der Waals surface area contributed by atoms with E-state index in [1.54, 1.807) is 38.1 Å². The van der Waals surface area contributed by atoms with Crippen molar-refractivity contribution in [2.24, 2.45) is 10.9 Å². The molecule has 0 aliphatic heterocycles. The van der Waals surface area contributed by atoms with Gasteiger partial charge in [-0.25, -0.2) is 9.59 Å². The smallest absolute Gasteiger partial charge is 0.413 e. The second kappa shape index (κ2) is 10.6. The first-order chi connectivity index (χ1) is 12.4. The first-order valence-corrected chi connectivity index (χ1v) is 7.93. The molecule has 9 heteroatoms. The number of nitrogens with one attached hydrogen (secondary N) is 2. The predicted octanol–water partition coefficient (Wildman–Crippen LogP) is 1.86. The average Bonchev–Trinajstić information content (AvgIpc) is 2.57. The fraction of sp³-hybridized carbons (Fsp3) is 0.353. The van der Waals surface area contributed by atoms with Crippen molar-refractivity contribution in [2.75, 3.05) is 13.2 Å². The zero-order chi connectivity index (χ0) is 19.5. The topological polar surface area (TPSA) is 123 Å². The van der Waals surface area contributed by atoms with E-state index in [4.69, 9.17) is 0 Å². The Morgan fingerprint density at radius 2 is 1.42 bits per heavy atom. The molecule has 1 rings (SSSR count). The van der Waals surface area contributed by atoms with Gasteiger partial charge in [0.2, 0.25) is 11.8 Å². The lowest BCUT2D eigenvalue weighted by molar-refractivity contribution is -0.131. The molecule has 1 aromatic rings. The molecule has 0 fully saturated rings. The van der Waals surface area contributed by atoms with Crippen molar-refractivity contribution in [1.29, 1.82) is 0 Å². The monoisotopic (exact) mass is 363 g/mol. The highest BCUT2D eigenvalue weighted by molar-refractivity contribution is 6.18. The van der Waals surface area contributed by atoms with Crippen LogP contribution < -0.4 is 10.6 Å². The van der Waals surface area contributed by atoms with Crippen LogP contribution in [-0.2, 0) is 19.1 Å². The highest BCUT2D eigenvalue weighted by Gasteiger charge is 2.28. The third kappa shape index (κ3) is 7.12. The van der Waals surface area contributed by atoms with Gasteiger partial charge in [-0.05, 0) is 32.9 Å². The van der Waals surface area contributed by atoms with E-state index < -0.39 is 29.9 Å². The summed E-state index contributed by atoms with van der Waals surface area (Å²) in [5.41, 5.74) is 1.51. The summed E-state index contributed by atoms with van der Waals surface area (Å²) in [5, 5.41) is 3.82. The van der Waals surface area contributed by atoms with Gasteiger partial charge in [-0.2, -0.15) is 0 Å². The van der Waals surface area contributed by atoms with Gasteiger partial charge in [-0.3, -0.25) is 25.2 Å². The average molecular weight is 363 g/mol. The molecule has 0 heterocycles. The Morgan fingerprint density at radius 1 is 0.962 bits per heavy atom. The number of carbonyl (C=O) groups is 4. The molecule has 0 saturated carbocycles. The van der Waals surface area contributed by atoms with E-state index in [9.17, 15) is 19.2 Å². The lowest BCUT2D eigenvalue weighted by atomic mass is 10.1. The van der Waals surface area contributed by atoms with E-state index in [1.807, 2.05) is 17.6 Å². The van der Waals surface area contributed by atoms with Crippen molar-refractivity contribution >= 4 is 35.9 Å². The molecule has 0 aliphatic rings. The molecule has 0 spiro atoms. The quantitative estimate of drug-likeness (QED) is 0.587. The molecule has 26 heavy (non-hydrogen) atoms. The number of nitrogens with zero attached hydrogens (tertiary/aromatic N) is 1. The Labute approximate surface area is 150 Å². The van der Waals surface area contributed by atoms with Crippen LogP contribution in [0.5, 0.6) is 0 Å². The maximum atomic E-state index is 12.2. The normalized spacial score (nSPS) is 10.5. The van der Waals surface area contributed by atoms with Crippen LogP contribution in [0.25, 0.3) is 0 Å². The fourth-order valence-corrected chi connectivity index (χ4v) is 1.74. The number of hydrogen-bond donors (Lipinski definition) is 2. The molecule has 0 radical (unpaired) electrons. The van der Waals surface area contributed by atoms with Crippen molar-refractivity contribution in [1.82, 2.24) is 10.6 Å². The number of amides is 4. The van der Waals surface area contributed by atoms with Crippen molar-refractivity contribution < 1.29 is 28.7 Å². The lowest BCUT2D eigenvalue weighted by Crippen LogP contribution is -2.46. The number of rotatable bonds is 6.